The van der Waals surface area contributed by atoms with Gasteiger partial charge in [0, 0.05) is 32.9 Å². The summed E-state index contributed by atoms with van der Waals surface area (Å²) in [5.41, 5.74) is 0.426. The lowest BCUT2D eigenvalue weighted by Crippen LogP contribution is -2.53. The van der Waals surface area contributed by atoms with Crippen molar-refractivity contribution in [3.05, 3.63) is 24.0 Å². The van der Waals surface area contributed by atoms with Gasteiger partial charge in [0.1, 0.15) is 11.7 Å². The van der Waals surface area contributed by atoms with E-state index in [0.29, 0.717) is 18.8 Å². The number of amides is 2. The Balaban J connectivity index is 1.91. The third-order valence-corrected chi connectivity index (χ3v) is 3.28. The van der Waals surface area contributed by atoms with Gasteiger partial charge in [-0.25, -0.2) is 0 Å². The molecule has 0 radical (unpaired) electrons. The van der Waals surface area contributed by atoms with Crippen LogP contribution in [0.25, 0.3) is 0 Å². The summed E-state index contributed by atoms with van der Waals surface area (Å²) in [5.74, 6) is -0.815. The third kappa shape index (κ3) is 3.23. The number of hydrogen-bond donors (Lipinski definition) is 2. The highest BCUT2D eigenvalue weighted by molar-refractivity contribution is 6.04. The summed E-state index contributed by atoms with van der Waals surface area (Å²) in [6, 6.07) is 5.19. The van der Waals surface area contributed by atoms with Crippen LogP contribution < -0.4 is 10.6 Å². The molecule has 7 nitrogen and oxygen atoms in total. The van der Waals surface area contributed by atoms with Crippen LogP contribution in [-0.4, -0.2) is 53.5 Å². The first kappa shape index (κ1) is 14.2. The summed E-state index contributed by atoms with van der Waals surface area (Å²) in [6.07, 6.45) is 1.74. The van der Waals surface area contributed by atoms with E-state index in [-0.39, 0.29) is 12.6 Å². The van der Waals surface area contributed by atoms with E-state index in [0.717, 1.165) is 6.54 Å². The number of imide groups is 1. The lowest BCUT2D eigenvalue weighted by atomic mass is 10.2. The molecule has 1 aromatic rings. The highest BCUT2D eigenvalue weighted by Crippen LogP contribution is 2.02. The second-order valence-electron chi connectivity index (χ2n) is 4.70. The Labute approximate surface area is 117 Å². The highest BCUT2D eigenvalue weighted by atomic mass is 16.2. The fourth-order valence-electron chi connectivity index (χ4n) is 2.17. The van der Waals surface area contributed by atoms with Crippen molar-refractivity contribution >= 4 is 11.8 Å². The van der Waals surface area contributed by atoms with E-state index in [2.05, 4.69) is 16.7 Å². The molecular formula is C13H17N5O2. The van der Waals surface area contributed by atoms with Gasteiger partial charge in [0.2, 0.25) is 5.91 Å². The van der Waals surface area contributed by atoms with Gasteiger partial charge in [0.25, 0.3) is 5.91 Å². The van der Waals surface area contributed by atoms with Gasteiger partial charge in [0.15, 0.2) is 0 Å². The van der Waals surface area contributed by atoms with E-state index >= 15 is 0 Å². The molecule has 2 amide bonds. The number of rotatable bonds is 3. The van der Waals surface area contributed by atoms with Crippen molar-refractivity contribution in [2.24, 2.45) is 7.05 Å². The van der Waals surface area contributed by atoms with Gasteiger partial charge in [-0.1, -0.05) is 0 Å². The molecule has 1 atom stereocenters. The molecule has 1 fully saturated rings. The molecule has 20 heavy (non-hydrogen) atoms. The van der Waals surface area contributed by atoms with Crippen molar-refractivity contribution in [2.45, 2.75) is 6.04 Å². The average Bonchev–Trinajstić information content (AvgIpc) is 2.85. The summed E-state index contributed by atoms with van der Waals surface area (Å²) >= 11 is 0. The minimum atomic E-state index is -0.425. The van der Waals surface area contributed by atoms with E-state index in [1.54, 1.807) is 34.8 Å². The Hall–Kier alpha value is -2.17. The molecule has 2 heterocycles. The topological polar surface area (TPSA) is 90.2 Å². The van der Waals surface area contributed by atoms with Crippen LogP contribution in [0.1, 0.15) is 10.5 Å². The van der Waals surface area contributed by atoms with Crippen molar-refractivity contribution in [1.29, 1.82) is 5.26 Å². The lowest BCUT2D eigenvalue weighted by molar-refractivity contribution is -0.121. The molecule has 1 unspecified atom stereocenters. The average molecular weight is 275 g/mol. The first-order valence-electron chi connectivity index (χ1n) is 6.41. The molecule has 1 saturated heterocycles. The van der Waals surface area contributed by atoms with Crippen LogP contribution in [0.4, 0.5) is 0 Å². The Morgan fingerprint density at radius 3 is 3.05 bits per heavy atom. The largest absolute Gasteiger partial charge is 0.347 e. The second kappa shape index (κ2) is 6.32. The van der Waals surface area contributed by atoms with Gasteiger partial charge in [-0.3, -0.25) is 19.8 Å². The normalized spacial score (nSPS) is 19.3. The van der Waals surface area contributed by atoms with Crippen LogP contribution in [0.15, 0.2) is 18.3 Å². The Kier molecular flexibility index (Phi) is 4.50. The summed E-state index contributed by atoms with van der Waals surface area (Å²) in [5, 5.41) is 14.4. The van der Waals surface area contributed by atoms with Crippen molar-refractivity contribution in [1.82, 2.24) is 20.1 Å². The number of aryl methyl sites for hydroxylation is 1. The summed E-state index contributed by atoms with van der Waals surface area (Å²) in [7, 11) is 1.74. The molecule has 0 bridgehead atoms. The minimum absolute atomic E-state index is 0.0517. The molecule has 0 aromatic carbocycles. The van der Waals surface area contributed by atoms with Crippen LogP contribution in [0.3, 0.4) is 0 Å². The number of nitrogens with zero attached hydrogens (tertiary/aromatic N) is 3. The summed E-state index contributed by atoms with van der Waals surface area (Å²) in [4.78, 5) is 25.5. The molecular weight excluding hydrogens is 258 g/mol. The molecule has 1 aromatic heterocycles. The maximum absolute atomic E-state index is 11.9. The maximum atomic E-state index is 11.9. The Bertz CT molecular complexity index is 545. The van der Waals surface area contributed by atoms with Gasteiger partial charge < -0.3 is 9.88 Å². The number of piperazine rings is 1. The van der Waals surface area contributed by atoms with E-state index in [1.165, 1.54) is 0 Å². The molecule has 0 saturated carbocycles. The van der Waals surface area contributed by atoms with Crippen LogP contribution in [0.5, 0.6) is 0 Å². The zero-order chi connectivity index (χ0) is 14.5. The van der Waals surface area contributed by atoms with Crippen molar-refractivity contribution in [2.75, 3.05) is 26.2 Å². The first-order chi connectivity index (χ1) is 9.61. The minimum Gasteiger partial charge on any atom is -0.347 e. The summed E-state index contributed by atoms with van der Waals surface area (Å²) < 4.78 is 1.64. The molecule has 1 aliphatic heterocycles. The number of nitrogens with one attached hydrogen (secondary N) is 2. The van der Waals surface area contributed by atoms with Gasteiger partial charge in [0.05, 0.1) is 12.6 Å². The number of carbonyl (C=O) groups is 2. The molecule has 0 spiro atoms. The zero-order valence-electron chi connectivity index (χ0n) is 11.3. The van der Waals surface area contributed by atoms with E-state index in [1.807, 2.05) is 0 Å². The fourth-order valence-corrected chi connectivity index (χ4v) is 2.17. The number of carbonyl (C=O) groups excluding carboxylic acids is 2. The quantitative estimate of drug-likeness (QED) is 0.744. The molecule has 106 valence electrons. The SMILES string of the molecule is Cn1cccc1C(=O)NC(=O)CN1CCNCC1C#N. The van der Waals surface area contributed by atoms with Crippen LogP contribution >= 0.6 is 0 Å². The monoisotopic (exact) mass is 275 g/mol. The molecule has 2 N–H and O–H groups in total. The molecule has 0 aliphatic carbocycles. The molecule has 7 heteroatoms. The predicted molar refractivity (Wildman–Crippen MR) is 71.7 cm³/mol. The molecule has 2 rings (SSSR count). The zero-order valence-corrected chi connectivity index (χ0v) is 11.3. The standard InChI is InChI=1S/C13H17N5O2/c1-17-5-2-3-11(17)13(20)16-12(19)9-18-6-4-15-8-10(18)7-14/h2-3,5,10,15H,4,6,8-9H2,1H3,(H,16,19,20). The maximum Gasteiger partial charge on any atom is 0.274 e. The van der Waals surface area contributed by atoms with Crippen LogP contribution in [0.2, 0.25) is 0 Å². The first-order valence-corrected chi connectivity index (χ1v) is 6.41. The number of aromatic nitrogens is 1. The number of hydrogen-bond acceptors (Lipinski definition) is 5. The van der Waals surface area contributed by atoms with Gasteiger partial charge in [-0.2, -0.15) is 5.26 Å². The van der Waals surface area contributed by atoms with E-state index < -0.39 is 11.8 Å². The Morgan fingerprint density at radius 1 is 1.60 bits per heavy atom. The van der Waals surface area contributed by atoms with Gasteiger partial charge in [-0.05, 0) is 12.1 Å². The van der Waals surface area contributed by atoms with Crippen molar-refractivity contribution in [3.8, 4) is 6.07 Å². The molecule has 1 aliphatic rings. The lowest BCUT2D eigenvalue weighted by Gasteiger charge is -2.30. The van der Waals surface area contributed by atoms with Gasteiger partial charge in [-0.15, -0.1) is 0 Å². The highest BCUT2D eigenvalue weighted by Gasteiger charge is 2.24. The van der Waals surface area contributed by atoms with Gasteiger partial charge >= 0.3 is 0 Å². The number of nitriles is 1. The summed E-state index contributed by atoms with van der Waals surface area (Å²) in [6.45, 7) is 1.94. The predicted octanol–water partition coefficient (Wildman–Crippen LogP) is -0.921. The van der Waals surface area contributed by atoms with Crippen molar-refractivity contribution in [3.63, 3.8) is 0 Å². The second-order valence-corrected chi connectivity index (χ2v) is 4.70. The Morgan fingerprint density at radius 2 is 2.40 bits per heavy atom. The smallest absolute Gasteiger partial charge is 0.274 e. The van der Waals surface area contributed by atoms with Crippen molar-refractivity contribution < 1.29 is 9.59 Å². The van der Waals surface area contributed by atoms with E-state index in [9.17, 15) is 9.59 Å². The fraction of sp³-hybridized carbons (Fsp3) is 0.462. The third-order valence-electron chi connectivity index (χ3n) is 3.28. The van der Waals surface area contributed by atoms with Crippen LogP contribution in [-0.2, 0) is 11.8 Å². The van der Waals surface area contributed by atoms with Crippen LogP contribution in [0, 0.1) is 11.3 Å². The van der Waals surface area contributed by atoms with E-state index in [4.69, 9.17) is 5.26 Å².